The number of aliphatic carboxylic acids is 1. The van der Waals surface area contributed by atoms with Crippen molar-refractivity contribution in [3.63, 3.8) is 0 Å². The maximum Gasteiger partial charge on any atom is 0.307 e. The molecule has 0 heterocycles. The smallest absolute Gasteiger partial charge is 0.307 e. The lowest BCUT2D eigenvalue weighted by Crippen LogP contribution is -2.09. The van der Waals surface area contributed by atoms with E-state index in [0.717, 1.165) is 6.07 Å². The third-order valence-electron chi connectivity index (χ3n) is 2.35. The molecule has 0 unspecified atom stereocenters. The molecule has 1 aromatic rings. The first-order valence-corrected chi connectivity index (χ1v) is 4.61. The van der Waals surface area contributed by atoms with Gasteiger partial charge in [0.15, 0.2) is 5.78 Å². The molecule has 86 valence electrons. The molecule has 3 N–H and O–H groups in total. The van der Waals surface area contributed by atoms with Crippen LogP contribution in [0, 0.1) is 6.92 Å². The van der Waals surface area contributed by atoms with Crippen molar-refractivity contribution in [3.8, 4) is 11.5 Å². The number of carboxylic acids is 1. The first kappa shape index (κ1) is 12.0. The Morgan fingerprint density at radius 3 is 2.25 bits per heavy atom. The van der Waals surface area contributed by atoms with E-state index in [-0.39, 0.29) is 16.9 Å². The van der Waals surface area contributed by atoms with Crippen molar-refractivity contribution in [1.82, 2.24) is 0 Å². The van der Waals surface area contributed by atoms with Crippen LogP contribution < -0.4 is 0 Å². The van der Waals surface area contributed by atoms with Crippen LogP contribution in [0.4, 0.5) is 0 Å². The summed E-state index contributed by atoms with van der Waals surface area (Å²) in [6, 6.07) is 1.04. The van der Waals surface area contributed by atoms with Gasteiger partial charge in [-0.2, -0.15) is 0 Å². The second kappa shape index (κ2) is 4.22. The van der Waals surface area contributed by atoms with Crippen molar-refractivity contribution in [2.45, 2.75) is 20.3 Å². The summed E-state index contributed by atoms with van der Waals surface area (Å²) in [6.07, 6.45) is -0.414. The van der Waals surface area contributed by atoms with E-state index in [1.54, 1.807) is 0 Å². The molecular weight excluding hydrogens is 212 g/mol. The molecule has 5 heteroatoms. The van der Waals surface area contributed by atoms with E-state index in [0.29, 0.717) is 5.56 Å². The van der Waals surface area contributed by atoms with Crippen molar-refractivity contribution >= 4 is 11.8 Å². The van der Waals surface area contributed by atoms with E-state index in [9.17, 15) is 19.8 Å². The number of carbonyl (C=O) groups excluding carboxylic acids is 1. The minimum Gasteiger partial charge on any atom is -0.508 e. The van der Waals surface area contributed by atoms with Gasteiger partial charge in [0.1, 0.15) is 11.5 Å². The Bertz CT molecular complexity index is 462. The molecule has 0 amide bonds. The van der Waals surface area contributed by atoms with Crippen molar-refractivity contribution in [2.24, 2.45) is 0 Å². The van der Waals surface area contributed by atoms with E-state index in [1.807, 2.05) is 0 Å². The molecule has 0 saturated heterocycles. The van der Waals surface area contributed by atoms with Crippen LogP contribution in [-0.2, 0) is 11.2 Å². The summed E-state index contributed by atoms with van der Waals surface area (Å²) in [6.45, 7) is 2.73. The van der Waals surface area contributed by atoms with E-state index >= 15 is 0 Å². The number of ketones is 1. The minimum atomic E-state index is -1.13. The summed E-state index contributed by atoms with van der Waals surface area (Å²) in [4.78, 5) is 21.9. The van der Waals surface area contributed by atoms with Crippen molar-refractivity contribution in [2.75, 3.05) is 0 Å². The number of hydrogen-bond acceptors (Lipinski definition) is 4. The highest BCUT2D eigenvalue weighted by Crippen LogP contribution is 2.32. The van der Waals surface area contributed by atoms with Gasteiger partial charge in [-0.1, -0.05) is 0 Å². The number of benzene rings is 1. The third-order valence-corrected chi connectivity index (χ3v) is 2.35. The average molecular weight is 224 g/mol. The standard InChI is InChI=1S/C11H12O5/c1-5-7(3-10(15)16)11(6(2)12)9(14)4-8(5)13/h4,13-14H,3H2,1-2H3,(H,15,16). The summed E-state index contributed by atoms with van der Waals surface area (Å²) < 4.78 is 0. The SMILES string of the molecule is CC(=O)c1c(O)cc(O)c(C)c1CC(=O)O. The van der Waals surface area contributed by atoms with Gasteiger partial charge < -0.3 is 15.3 Å². The molecule has 0 bridgehead atoms. The summed E-state index contributed by atoms with van der Waals surface area (Å²) in [5.74, 6) is -2.18. The van der Waals surface area contributed by atoms with Crippen LogP contribution >= 0.6 is 0 Å². The van der Waals surface area contributed by atoms with E-state index in [1.165, 1.54) is 13.8 Å². The van der Waals surface area contributed by atoms with Crippen LogP contribution in [0.1, 0.15) is 28.4 Å². The normalized spacial score (nSPS) is 10.1. The third kappa shape index (κ3) is 2.13. The van der Waals surface area contributed by atoms with Crippen LogP contribution in [-0.4, -0.2) is 27.1 Å². The zero-order valence-corrected chi connectivity index (χ0v) is 8.94. The van der Waals surface area contributed by atoms with E-state index < -0.39 is 23.9 Å². The molecule has 1 rings (SSSR count). The van der Waals surface area contributed by atoms with Crippen LogP contribution in [0.2, 0.25) is 0 Å². The van der Waals surface area contributed by atoms with Gasteiger partial charge in [0, 0.05) is 6.07 Å². The van der Waals surface area contributed by atoms with Crippen LogP contribution in [0.5, 0.6) is 11.5 Å². The molecule has 5 nitrogen and oxygen atoms in total. The second-order valence-corrected chi connectivity index (χ2v) is 3.52. The summed E-state index contributed by atoms with van der Waals surface area (Å²) in [5, 5.41) is 27.6. The largest absolute Gasteiger partial charge is 0.508 e. The summed E-state index contributed by atoms with van der Waals surface area (Å²) in [5.41, 5.74) is 0.403. The Kier molecular flexibility index (Phi) is 3.17. The Hall–Kier alpha value is -2.04. The van der Waals surface area contributed by atoms with Gasteiger partial charge in [-0.05, 0) is 25.0 Å². The fraction of sp³-hybridized carbons (Fsp3) is 0.273. The lowest BCUT2D eigenvalue weighted by molar-refractivity contribution is -0.136. The van der Waals surface area contributed by atoms with Crippen LogP contribution in [0.15, 0.2) is 6.07 Å². The monoisotopic (exact) mass is 224 g/mol. The van der Waals surface area contributed by atoms with E-state index in [2.05, 4.69) is 0 Å². The maximum atomic E-state index is 11.3. The molecule has 0 saturated carbocycles. The molecule has 16 heavy (non-hydrogen) atoms. The van der Waals surface area contributed by atoms with Crippen molar-refractivity contribution in [1.29, 1.82) is 0 Å². The Morgan fingerprint density at radius 1 is 1.25 bits per heavy atom. The molecule has 0 radical (unpaired) electrons. The minimum absolute atomic E-state index is 0.0438. The number of aromatic hydroxyl groups is 2. The van der Waals surface area contributed by atoms with Gasteiger partial charge in [-0.3, -0.25) is 9.59 Å². The van der Waals surface area contributed by atoms with Gasteiger partial charge in [-0.15, -0.1) is 0 Å². The van der Waals surface area contributed by atoms with Gasteiger partial charge in [-0.25, -0.2) is 0 Å². The van der Waals surface area contributed by atoms with Crippen LogP contribution in [0.25, 0.3) is 0 Å². The molecule has 0 spiro atoms. The number of carboxylic acid groups (broad SMARTS) is 1. The van der Waals surface area contributed by atoms with Gasteiger partial charge >= 0.3 is 5.97 Å². The molecule has 1 aromatic carbocycles. The highest BCUT2D eigenvalue weighted by atomic mass is 16.4. The Balaban J connectivity index is 3.51. The maximum absolute atomic E-state index is 11.3. The quantitative estimate of drug-likeness (QED) is 0.671. The van der Waals surface area contributed by atoms with Gasteiger partial charge in [0.05, 0.1) is 12.0 Å². The summed E-state index contributed by atoms with van der Waals surface area (Å²) >= 11 is 0. The summed E-state index contributed by atoms with van der Waals surface area (Å²) in [7, 11) is 0. The molecular formula is C11H12O5. The van der Waals surface area contributed by atoms with Crippen molar-refractivity contribution in [3.05, 3.63) is 22.8 Å². The molecule has 0 aromatic heterocycles. The number of rotatable bonds is 3. The first-order valence-electron chi connectivity index (χ1n) is 4.61. The number of hydrogen-bond donors (Lipinski definition) is 3. The Labute approximate surface area is 92.0 Å². The number of phenolic OH excluding ortho intramolecular Hbond substituents is 2. The fourth-order valence-corrected chi connectivity index (χ4v) is 1.57. The van der Waals surface area contributed by atoms with Gasteiger partial charge in [0.2, 0.25) is 0 Å². The fourth-order valence-electron chi connectivity index (χ4n) is 1.57. The molecule has 0 aliphatic carbocycles. The zero-order chi connectivity index (χ0) is 12.5. The number of carbonyl (C=O) groups is 2. The predicted molar refractivity (Wildman–Crippen MR) is 55.9 cm³/mol. The number of Topliss-reactive ketones (excluding diaryl/α,β-unsaturated/α-hetero) is 1. The topological polar surface area (TPSA) is 94.8 Å². The molecule has 0 fully saturated rings. The second-order valence-electron chi connectivity index (χ2n) is 3.52. The van der Waals surface area contributed by atoms with Crippen molar-refractivity contribution < 1.29 is 24.9 Å². The molecule has 0 aliphatic rings. The lowest BCUT2D eigenvalue weighted by atomic mass is 9.95. The van der Waals surface area contributed by atoms with Gasteiger partial charge in [0.25, 0.3) is 0 Å². The highest BCUT2D eigenvalue weighted by Gasteiger charge is 2.19. The number of phenols is 2. The lowest BCUT2D eigenvalue weighted by Gasteiger charge is -2.12. The highest BCUT2D eigenvalue weighted by molar-refractivity contribution is 5.99. The molecule has 0 atom stereocenters. The first-order chi connectivity index (χ1) is 7.34. The van der Waals surface area contributed by atoms with E-state index in [4.69, 9.17) is 5.11 Å². The predicted octanol–water partition coefficient (Wildman–Crippen LogP) is 1.24. The van der Waals surface area contributed by atoms with Crippen LogP contribution in [0.3, 0.4) is 0 Å². The average Bonchev–Trinajstić information content (AvgIpc) is 2.12. The zero-order valence-electron chi connectivity index (χ0n) is 8.94. The Morgan fingerprint density at radius 2 is 1.81 bits per heavy atom. The molecule has 0 aliphatic heterocycles.